The SMILES string of the molecule is COc1ccccc1C(C)(O)Cc1cc(Br)cs1. The summed E-state index contributed by atoms with van der Waals surface area (Å²) in [4.78, 5) is 1.14. The zero-order chi connectivity index (χ0) is 13.2. The van der Waals surface area contributed by atoms with E-state index in [-0.39, 0.29) is 0 Å². The smallest absolute Gasteiger partial charge is 0.124 e. The first kappa shape index (κ1) is 13.6. The van der Waals surface area contributed by atoms with Gasteiger partial charge in [-0.15, -0.1) is 11.3 Å². The summed E-state index contributed by atoms with van der Waals surface area (Å²) in [5.41, 5.74) is -0.117. The molecular formula is C14H15BrO2S. The van der Waals surface area contributed by atoms with Gasteiger partial charge in [-0.05, 0) is 35.0 Å². The summed E-state index contributed by atoms with van der Waals surface area (Å²) in [7, 11) is 1.62. The van der Waals surface area contributed by atoms with E-state index >= 15 is 0 Å². The van der Waals surface area contributed by atoms with Gasteiger partial charge in [0.05, 0.1) is 12.7 Å². The molecule has 1 unspecified atom stereocenters. The second-order valence-electron chi connectivity index (χ2n) is 4.38. The Morgan fingerprint density at radius 3 is 2.72 bits per heavy atom. The van der Waals surface area contributed by atoms with Crippen molar-refractivity contribution in [2.45, 2.75) is 18.9 Å². The van der Waals surface area contributed by atoms with Gasteiger partial charge in [-0.25, -0.2) is 0 Å². The Bertz CT molecular complexity index is 534. The van der Waals surface area contributed by atoms with Crippen LogP contribution in [0.1, 0.15) is 17.4 Å². The summed E-state index contributed by atoms with van der Waals surface area (Å²) in [5.74, 6) is 0.720. The molecule has 0 aliphatic rings. The Hall–Kier alpha value is -0.840. The van der Waals surface area contributed by atoms with Gasteiger partial charge in [0, 0.05) is 26.7 Å². The summed E-state index contributed by atoms with van der Waals surface area (Å²) in [6, 6.07) is 9.63. The van der Waals surface area contributed by atoms with Crippen LogP contribution in [0, 0.1) is 0 Å². The fraction of sp³-hybridized carbons (Fsp3) is 0.286. The molecule has 1 aromatic heterocycles. The maximum Gasteiger partial charge on any atom is 0.124 e. The fourth-order valence-corrected chi connectivity index (χ4v) is 3.57. The molecule has 0 saturated heterocycles. The van der Waals surface area contributed by atoms with Crippen molar-refractivity contribution in [2.75, 3.05) is 7.11 Å². The zero-order valence-corrected chi connectivity index (χ0v) is 12.7. The van der Waals surface area contributed by atoms with E-state index in [0.29, 0.717) is 6.42 Å². The van der Waals surface area contributed by atoms with Gasteiger partial charge < -0.3 is 9.84 Å². The number of hydrogen-bond donors (Lipinski definition) is 1. The lowest BCUT2D eigenvalue weighted by atomic mass is 9.91. The molecule has 2 aromatic rings. The van der Waals surface area contributed by atoms with Crippen molar-refractivity contribution in [3.8, 4) is 5.75 Å². The summed E-state index contributed by atoms with van der Waals surface area (Å²) in [6.07, 6.45) is 0.573. The monoisotopic (exact) mass is 326 g/mol. The van der Waals surface area contributed by atoms with Crippen molar-refractivity contribution in [3.63, 3.8) is 0 Å². The molecule has 0 fully saturated rings. The minimum atomic E-state index is -0.934. The van der Waals surface area contributed by atoms with Gasteiger partial charge in [0.15, 0.2) is 0 Å². The van der Waals surface area contributed by atoms with Gasteiger partial charge in [-0.3, -0.25) is 0 Å². The van der Waals surface area contributed by atoms with Crippen LogP contribution in [0.4, 0.5) is 0 Å². The Morgan fingerprint density at radius 1 is 1.39 bits per heavy atom. The predicted molar refractivity (Wildman–Crippen MR) is 78.3 cm³/mol. The van der Waals surface area contributed by atoms with Gasteiger partial charge in [0.2, 0.25) is 0 Å². The van der Waals surface area contributed by atoms with Gasteiger partial charge in [-0.1, -0.05) is 18.2 Å². The first-order valence-electron chi connectivity index (χ1n) is 5.62. The van der Waals surface area contributed by atoms with Crippen molar-refractivity contribution in [2.24, 2.45) is 0 Å². The highest BCUT2D eigenvalue weighted by Crippen LogP contribution is 2.34. The van der Waals surface area contributed by atoms with Crippen LogP contribution in [0.5, 0.6) is 5.75 Å². The molecule has 1 N–H and O–H groups in total. The highest BCUT2D eigenvalue weighted by atomic mass is 79.9. The van der Waals surface area contributed by atoms with E-state index in [1.165, 1.54) is 0 Å². The molecule has 18 heavy (non-hydrogen) atoms. The number of hydrogen-bond acceptors (Lipinski definition) is 3. The molecule has 0 radical (unpaired) electrons. The van der Waals surface area contributed by atoms with Crippen LogP contribution in [0.15, 0.2) is 40.2 Å². The highest BCUT2D eigenvalue weighted by molar-refractivity contribution is 9.10. The third-order valence-corrected chi connectivity index (χ3v) is 4.53. The van der Waals surface area contributed by atoms with Gasteiger partial charge in [-0.2, -0.15) is 0 Å². The molecule has 0 aliphatic carbocycles. The molecule has 0 spiro atoms. The number of halogens is 1. The number of methoxy groups -OCH3 is 1. The molecule has 0 bridgehead atoms. The predicted octanol–water partition coefficient (Wildman–Crippen LogP) is 3.97. The minimum absolute atomic E-state index is 0.573. The Kier molecular flexibility index (Phi) is 4.10. The molecular weight excluding hydrogens is 312 g/mol. The third-order valence-electron chi connectivity index (χ3n) is 2.83. The van der Waals surface area contributed by atoms with Crippen molar-refractivity contribution in [3.05, 3.63) is 50.6 Å². The van der Waals surface area contributed by atoms with Crippen LogP contribution in [-0.4, -0.2) is 12.2 Å². The van der Waals surface area contributed by atoms with Crippen molar-refractivity contribution in [1.29, 1.82) is 0 Å². The van der Waals surface area contributed by atoms with Gasteiger partial charge in [0.25, 0.3) is 0 Å². The number of aliphatic hydroxyl groups is 1. The molecule has 0 saturated carbocycles. The molecule has 2 nitrogen and oxygen atoms in total. The molecule has 2 rings (SSSR count). The summed E-state index contributed by atoms with van der Waals surface area (Å²) >= 11 is 5.07. The van der Waals surface area contributed by atoms with Crippen LogP contribution in [0.25, 0.3) is 0 Å². The number of para-hydroxylation sites is 1. The lowest BCUT2D eigenvalue weighted by Gasteiger charge is -2.25. The van der Waals surface area contributed by atoms with Crippen molar-refractivity contribution < 1.29 is 9.84 Å². The van der Waals surface area contributed by atoms with E-state index < -0.39 is 5.60 Å². The topological polar surface area (TPSA) is 29.5 Å². The number of thiophene rings is 1. The molecule has 4 heteroatoms. The maximum absolute atomic E-state index is 10.7. The maximum atomic E-state index is 10.7. The Balaban J connectivity index is 2.29. The molecule has 1 heterocycles. The molecule has 1 atom stereocenters. The minimum Gasteiger partial charge on any atom is -0.496 e. The summed E-state index contributed by atoms with van der Waals surface area (Å²) in [5, 5.41) is 12.7. The third kappa shape index (κ3) is 2.94. The number of rotatable bonds is 4. The van der Waals surface area contributed by atoms with Crippen molar-refractivity contribution >= 4 is 27.3 Å². The lowest BCUT2D eigenvalue weighted by Crippen LogP contribution is -2.24. The normalized spacial score (nSPS) is 14.2. The molecule has 1 aromatic carbocycles. The van der Waals surface area contributed by atoms with Crippen molar-refractivity contribution in [1.82, 2.24) is 0 Å². The van der Waals surface area contributed by atoms with E-state index in [4.69, 9.17) is 4.74 Å². The lowest BCUT2D eigenvalue weighted by molar-refractivity contribution is 0.0558. The van der Waals surface area contributed by atoms with Crippen LogP contribution < -0.4 is 4.74 Å². The summed E-state index contributed by atoms with van der Waals surface area (Å²) < 4.78 is 6.36. The Morgan fingerprint density at radius 2 is 2.11 bits per heavy atom. The number of ether oxygens (including phenoxy) is 1. The quantitative estimate of drug-likeness (QED) is 0.921. The van der Waals surface area contributed by atoms with Gasteiger partial charge >= 0.3 is 0 Å². The first-order chi connectivity index (χ1) is 8.53. The van der Waals surface area contributed by atoms with Crippen LogP contribution >= 0.6 is 27.3 Å². The van der Waals surface area contributed by atoms with Crippen LogP contribution in [0.3, 0.4) is 0 Å². The van der Waals surface area contributed by atoms with Gasteiger partial charge in [0.1, 0.15) is 5.75 Å². The highest BCUT2D eigenvalue weighted by Gasteiger charge is 2.27. The largest absolute Gasteiger partial charge is 0.496 e. The summed E-state index contributed by atoms with van der Waals surface area (Å²) in [6.45, 7) is 1.82. The molecule has 0 amide bonds. The first-order valence-corrected chi connectivity index (χ1v) is 7.29. The van der Waals surface area contributed by atoms with Crippen LogP contribution in [-0.2, 0) is 12.0 Å². The molecule has 0 aliphatic heterocycles. The van der Waals surface area contributed by atoms with E-state index in [1.54, 1.807) is 18.4 Å². The number of benzene rings is 1. The Labute approximate surface area is 119 Å². The second-order valence-corrected chi connectivity index (χ2v) is 6.29. The zero-order valence-electron chi connectivity index (χ0n) is 10.3. The van der Waals surface area contributed by atoms with E-state index in [9.17, 15) is 5.11 Å². The standard InChI is InChI=1S/C14H15BrO2S/c1-14(16,8-11-7-10(15)9-18-11)12-5-3-4-6-13(12)17-2/h3-7,9,16H,8H2,1-2H3. The van der Waals surface area contributed by atoms with Crippen LogP contribution in [0.2, 0.25) is 0 Å². The van der Waals surface area contributed by atoms with E-state index in [0.717, 1.165) is 20.7 Å². The average Bonchev–Trinajstić information content (AvgIpc) is 2.74. The molecule has 96 valence electrons. The average molecular weight is 327 g/mol. The van der Waals surface area contributed by atoms with E-state index in [1.807, 2.05) is 42.6 Å². The fourth-order valence-electron chi connectivity index (χ4n) is 1.97. The second kappa shape index (κ2) is 5.43. The van der Waals surface area contributed by atoms with E-state index in [2.05, 4.69) is 15.9 Å².